The van der Waals surface area contributed by atoms with E-state index in [4.69, 9.17) is 0 Å². The highest BCUT2D eigenvalue weighted by molar-refractivity contribution is 9.10. The van der Waals surface area contributed by atoms with E-state index in [0.717, 1.165) is 11.1 Å². The van der Waals surface area contributed by atoms with Crippen LogP contribution in [0.3, 0.4) is 0 Å². The summed E-state index contributed by atoms with van der Waals surface area (Å²) in [5.74, 6) is -0.351. The van der Waals surface area contributed by atoms with Crippen molar-refractivity contribution in [2.75, 3.05) is 0 Å². The van der Waals surface area contributed by atoms with Crippen molar-refractivity contribution in [1.82, 2.24) is 4.98 Å². The molecule has 78 valence electrons. The molecule has 15 heavy (non-hydrogen) atoms. The number of aromatic amines is 1. The van der Waals surface area contributed by atoms with Crippen LogP contribution < -0.4 is 0 Å². The van der Waals surface area contributed by atoms with Crippen LogP contribution in [0.5, 0.6) is 0 Å². The number of nitrogens with one attached hydrogen (secondary N) is 1. The highest BCUT2D eigenvalue weighted by atomic mass is 79.9. The fourth-order valence-corrected chi connectivity index (χ4v) is 2.12. The molecule has 1 heterocycles. The van der Waals surface area contributed by atoms with Crippen LogP contribution in [-0.4, -0.2) is 10.8 Å². The molecule has 4 heteroatoms. The lowest BCUT2D eigenvalue weighted by molar-refractivity contribution is 0.101. The van der Waals surface area contributed by atoms with E-state index in [1.54, 1.807) is 6.07 Å². The number of rotatable bonds is 1. The van der Waals surface area contributed by atoms with Crippen molar-refractivity contribution in [3.8, 4) is 0 Å². The topological polar surface area (TPSA) is 32.9 Å². The first-order valence-corrected chi connectivity index (χ1v) is 5.28. The van der Waals surface area contributed by atoms with Gasteiger partial charge in [0.1, 0.15) is 5.82 Å². The molecule has 2 nitrogen and oxygen atoms in total. The number of aromatic nitrogens is 1. The lowest BCUT2D eigenvalue weighted by Crippen LogP contribution is -1.92. The fourth-order valence-electron chi connectivity index (χ4n) is 1.78. The van der Waals surface area contributed by atoms with Gasteiger partial charge < -0.3 is 4.98 Å². The third-order valence-electron chi connectivity index (χ3n) is 2.38. The first-order chi connectivity index (χ1) is 7.00. The maximum Gasteiger partial charge on any atom is 0.162 e. The van der Waals surface area contributed by atoms with Gasteiger partial charge in [-0.15, -0.1) is 0 Å². The number of halogens is 2. The van der Waals surface area contributed by atoms with Gasteiger partial charge in [-0.05, 0) is 41.9 Å². The Kier molecular flexibility index (Phi) is 2.38. The highest BCUT2D eigenvalue weighted by Gasteiger charge is 2.14. The van der Waals surface area contributed by atoms with Crippen LogP contribution in [0.2, 0.25) is 0 Å². The molecule has 2 rings (SSSR count). The monoisotopic (exact) mass is 269 g/mol. The minimum Gasteiger partial charge on any atom is -0.358 e. The lowest BCUT2D eigenvalue weighted by atomic mass is 10.1. The molecule has 0 aliphatic heterocycles. The molecule has 0 unspecified atom stereocenters. The van der Waals surface area contributed by atoms with E-state index < -0.39 is 0 Å². The maximum atomic E-state index is 13.2. The zero-order valence-corrected chi connectivity index (χ0v) is 9.90. The summed E-state index contributed by atoms with van der Waals surface area (Å²) in [5, 5.41) is 0.758. The second-order valence-electron chi connectivity index (χ2n) is 3.49. The molecule has 1 aromatic carbocycles. The summed E-state index contributed by atoms with van der Waals surface area (Å²) in [6.45, 7) is 3.31. The van der Waals surface area contributed by atoms with E-state index in [9.17, 15) is 9.18 Å². The molecular formula is C11H9BrFNO. The standard InChI is InChI=1S/C11H9BrFNO/c1-5-11(6(2)15)7-3-8(12)9(13)4-10(7)14-5/h3-4,14H,1-2H3. The van der Waals surface area contributed by atoms with Gasteiger partial charge in [0.15, 0.2) is 5.78 Å². The van der Waals surface area contributed by atoms with Gasteiger partial charge in [-0.3, -0.25) is 4.79 Å². The fraction of sp³-hybridized carbons (Fsp3) is 0.182. The second kappa shape index (κ2) is 3.45. The summed E-state index contributed by atoms with van der Waals surface area (Å²) in [4.78, 5) is 14.4. The van der Waals surface area contributed by atoms with Gasteiger partial charge in [0.2, 0.25) is 0 Å². The van der Waals surface area contributed by atoms with Crippen LogP contribution >= 0.6 is 15.9 Å². The minimum absolute atomic E-state index is 0.0164. The molecule has 0 radical (unpaired) electrons. The van der Waals surface area contributed by atoms with Gasteiger partial charge >= 0.3 is 0 Å². The molecule has 1 N–H and O–H groups in total. The molecule has 1 aromatic heterocycles. The minimum atomic E-state index is -0.334. The van der Waals surface area contributed by atoms with Crippen LogP contribution in [-0.2, 0) is 0 Å². The van der Waals surface area contributed by atoms with Crippen LogP contribution in [0.4, 0.5) is 4.39 Å². The summed E-state index contributed by atoms with van der Waals surface area (Å²) in [5.41, 5.74) is 2.05. The van der Waals surface area contributed by atoms with Crippen LogP contribution in [0, 0.1) is 12.7 Å². The molecule has 0 amide bonds. The van der Waals surface area contributed by atoms with Crippen molar-refractivity contribution in [2.24, 2.45) is 0 Å². The molecule has 0 aliphatic carbocycles. The number of fused-ring (bicyclic) bond motifs is 1. The van der Waals surface area contributed by atoms with E-state index in [0.29, 0.717) is 15.6 Å². The van der Waals surface area contributed by atoms with Crippen molar-refractivity contribution in [3.05, 3.63) is 33.7 Å². The van der Waals surface area contributed by atoms with E-state index in [-0.39, 0.29) is 11.6 Å². The number of H-pyrrole nitrogens is 1. The molecule has 2 aromatic rings. The first kappa shape index (κ1) is 10.4. The molecule has 0 aliphatic rings. The lowest BCUT2D eigenvalue weighted by Gasteiger charge is -1.97. The van der Waals surface area contributed by atoms with Crippen molar-refractivity contribution in [2.45, 2.75) is 13.8 Å². The number of benzene rings is 1. The normalized spacial score (nSPS) is 10.9. The van der Waals surface area contributed by atoms with Gasteiger partial charge in [0, 0.05) is 22.2 Å². The predicted molar refractivity (Wildman–Crippen MR) is 60.7 cm³/mol. The molecule has 0 fully saturated rings. The molecular weight excluding hydrogens is 261 g/mol. The van der Waals surface area contributed by atoms with Crippen LogP contribution in [0.15, 0.2) is 16.6 Å². The molecule has 0 saturated heterocycles. The Morgan fingerprint density at radius 2 is 2.13 bits per heavy atom. The van der Waals surface area contributed by atoms with Gasteiger partial charge in [0.05, 0.1) is 4.47 Å². The Balaban J connectivity index is 2.87. The Bertz CT molecular complexity index is 559. The quantitative estimate of drug-likeness (QED) is 0.789. The van der Waals surface area contributed by atoms with E-state index in [1.165, 1.54) is 13.0 Å². The largest absolute Gasteiger partial charge is 0.358 e. The number of aryl methyl sites for hydroxylation is 1. The summed E-state index contributed by atoms with van der Waals surface area (Å²) in [7, 11) is 0. The number of Topliss-reactive ketones (excluding diaryl/α,β-unsaturated/α-hetero) is 1. The van der Waals surface area contributed by atoms with Crippen molar-refractivity contribution in [1.29, 1.82) is 0 Å². The Morgan fingerprint density at radius 3 is 2.73 bits per heavy atom. The SMILES string of the molecule is CC(=O)c1c(C)[nH]c2cc(F)c(Br)cc12. The summed E-state index contributed by atoms with van der Waals surface area (Å²) in [6, 6.07) is 3.02. The average Bonchev–Trinajstić information content (AvgIpc) is 2.41. The number of hydrogen-bond donors (Lipinski definition) is 1. The number of carbonyl (C=O) groups excluding carboxylic acids is 1. The van der Waals surface area contributed by atoms with E-state index >= 15 is 0 Å². The van der Waals surface area contributed by atoms with Gasteiger partial charge in [-0.2, -0.15) is 0 Å². The van der Waals surface area contributed by atoms with Crippen LogP contribution in [0.1, 0.15) is 23.0 Å². The Morgan fingerprint density at radius 1 is 1.47 bits per heavy atom. The van der Waals surface area contributed by atoms with Gasteiger partial charge in [-0.25, -0.2) is 4.39 Å². The zero-order valence-electron chi connectivity index (χ0n) is 8.32. The molecule has 0 atom stereocenters. The number of carbonyl (C=O) groups is 1. The third-order valence-corrected chi connectivity index (χ3v) is 2.99. The van der Waals surface area contributed by atoms with E-state index in [1.807, 2.05) is 6.92 Å². The van der Waals surface area contributed by atoms with Gasteiger partial charge in [0.25, 0.3) is 0 Å². The maximum absolute atomic E-state index is 13.2. The Hall–Kier alpha value is -1.16. The Labute approximate surface area is 94.6 Å². The van der Waals surface area contributed by atoms with Crippen LogP contribution in [0.25, 0.3) is 10.9 Å². The summed E-state index contributed by atoms with van der Waals surface area (Å²) in [6.07, 6.45) is 0. The van der Waals surface area contributed by atoms with E-state index in [2.05, 4.69) is 20.9 Å². The molecule has 0 bridgehead atoms. The summed E-state index contributed by atoms with van der Waals surface area (Å²) < 4.78 is 13.6. The van der Waals surface area contributed by atoms with Gasteiger partial charge in [-0.1, -0.05) is 0 Å². The summed E-state index contributed by atoms with van der Waals surface area (Å²) >= 11 is 3.11. The number of ketones is 1. The average molecular weight is 270 g/mol. The second-order valence-corrected chi connectivity index (χ2v) is 4.35. The molecule has 0 saturated carbocycles. The third kappa shape index (κ3) is 1.59. The predicted octanol–water partition coefficient (Wildman–Crippen LogP) is 3.58. The smallest absolute Gasteiger partial charge is 0.162 e. The highest BCUT2D eigenvalue weighted by Crippen LogP contribution is 2.27. The van der Waals surface area contributed by atoms with Crippen molar-refractivity contribution in [3.63, 3.8) is 0 Å². The zero-order chi connectivity index (χ0) is 11.2. The first-order valence-electron chi connectivity index (χ1n) is 4.49. The van der Waals surface area contributed by atoms with Crippen molar-refractivity contribution >= 4 is 32.6 Å². The molecule has 0 spiro atoms. The van der Waals surface area contributed by atoms with Crippen molar-refractivity contribution < 1.29 is 9.18 Å². The number of hydrogen-bond acceptors (Lipinski definition) is 1.